The first-order valence-corrected chi connectivity index (χ1v) is 3.87. The van der Waals surface area contributed by atoms with E-state index in [1.807, 2.05) is 6.07 Å². The van der Waals surface area contributed by atoms with E-state index >= 15 is 0 Å². The Kier molecular flexibility index (Phi) is 3.03. The van der Waals surface area contributed by atoms with Crippen LogP contribution in [0.4, 0.5) is 0 Å². The van der Waals surface area contributed by atoms with Gasteiger partial charge in [0, 0.05) is 19.8 Å². The Labute approximate surface area is 76.0 Å². The van der Waals surface area contributed by atoms with Crippen molar-refractivity contribution in [3.05, 3.63) is 18.2 Å². The van der Waals surface area contributed by atoms with Crippen molar-refractivity contribution >= 4 is 5.91 Å². The molecule has 0 saturated heterocycles. The zero-order chi connectivity index (χ0) is 9.68. The SMILES string of the molecule is Cn1cnc(C(=O)NCCC#N)c1. The summed E-state index contributed by atoms with van der Waals surface area (Å²) in [5, 5.41) is 10.8. The minimum Gasteiger partial charge on any atom is -0.350 e. The number of aromatic nitrogens is 2. The smallest absolute Gasteiger partial charge is 0.271 e. The molecule has 0 aliphatic rings. The number of nitriles is 1. The van der Waals surface area contributed by atoms with Crippen LogP contribution in [-0.2, 0) is 7.05 Å². The topological polar surface area (TPSA) is 70.7 Å². The highest BCUT2D eigenvalue weighted by Gasteiger charge is 2.06. The van der Waals surface area contributed by atoms with Crippen LogP contribution in [0.5, 0.6) is 0 Å². The van der Waals surface area contributed by atoms with E-state index in [1.165, 1.54) is 0 Å². The lowest BCUT2D eigenvalue weighted by molar-refractivity contribution is 0.0950. The molecule has 0 spiro atoms. The van der Waals surface area contributed by atoms with E-state index in [0.29, 0.717) is 18.7 Å². The maximum atomic E-state index is 11.2. The third-order valence-corrected chi connectivity index (χ3v) is 1.46. The average Bonchev–Trinajstić information content (AvgIpc) is 2.52. The molecule has 5 nitrogen and oxygen atoms in total. The van der Waals surface area contributed by atoms with Gasteiger partial charge in [-0.15, -0.1) is 0 Å². The van der Waals surface area contributed by atoms with E-state index in [-0.39, 0.29) is 5.91 Å². The summed E-state index contributed by atoms with van der Waals surface area (Å²) in [5.41, 5.74) is 0.375. The molecule has 5 heteroatoms. The van der Waals surface area contributed by atoms with Crippen molar-refractivity contribution in [2.24, 2.45) is 7.05 Å². The van der Waals surface area contributed by atoms with Gasteiger partial charge in [0.1, 0.15) is 5.69 Å². The molecule has 1 heterocycles. The lowest BCUT2D eigenvalue weighted by atomic mass is 10.4. The molecule has 1 amide bonds. The molecule has 68 valence electrons. The van der Waals surface area contributed by atoms with E-state index in [0.717, 1.165) is 0 Å². The third-order valence-electron chi connectivity index (χ3n) is 1.46. The number of nitrogens with zero attached hydrogens (tertiary/aromatic N) is 3. The van der Waals surface area contributed by atoms with Gasteiger partial charge in [0.25, 0.3) is 5.91 Å². The summed E-state index contributed by atoms with van der Waals surface area (Å²) in [6.07, 6.45) is 3.50. The van der Waals surface area contributed by atoms with Gasteiger partial charge < -0.3 is 9.88 Å². The number of carbonyl (C=O) groups excluding carboxylic acids is 1. The fourth-order valence-electron chi connectivity index (χ4n) is 0.853. The summed E-state index contributed by atoms with van der Waals surface area (Å²) in [5.74, 6) is -0.240. The van der Waals surface area contributed by atoms with Crippen molar-refractivity contribution in [1.29, 1.82) is 5.26 Å². The summed E-state index contributed by atoms with van der Waals surface area (Å²) in [6, 6.07) is 1.94. The van der Waals surface area contributed by atoms with E-state index in [2.05, 4.69) is 10.3 Å². The van der Waals surface area contributed by atoms with Crippen LogP contribution in [-0.4, -0.2) is 22.0 Å². The zero-order valence-electron chi connectivity index (χ0n) is 7.32. The van der Waals surface area contributed by atoms with Gasteiger partial charge >= 0.3 is 0 Å². The number of hydrogen-bond acceptors (Lipinski definition) is 3. The van der Waals surface area contributed by atoms with Crippen LogP contribution in [0.3, 0.4) is 0 Å². The van der Waals surface area contributed by atoms with Crippen LogP contribution in [0.25, 0.3) is 0 Å². The molecule has 1 rings (SSSR count). The van der Waals surface area contributed by atoms with Gasteiger partial charge in [-0.1, -0.05) is 0 Å². The first kappa shape index (κ1) is 9.26. The summed E-state index contributed by atoms with van der Waals surface area (Å²) < 4.78 is 1.69. The Hall–Kier alpha value is -1.83. The van der Waals surface area contributed by atoms with Crippen LogP contribution in [0.1, 0.15) is 16.9 Å². The second-order valence-corrected chi connectivity index (χ2v) is 2.59. The first-order chi connectivity index (χ1) is 6.24. The normalized spacial score (nSPS) is 9.23. The molecule has 0 bridgehead atoms. The second-order valence-electron chi connectivity index (χ2n) is 2.59. The maximum Gasteiger partial charge on any atom is 0.271 e. The number of imidazole rings is 1. The summed E-state index contributed by atoms with van der Waals surface area (Å²) in [6.45, 7) is 0.367. The average molecular weight is 178 g/mol. The molecule has 0 aromatic carbocycles. The molecular formula is C8H10N4O. The number of hydrogen-bond donors (Lipinski definition) is 1. The molecule has 0 atom stereocenters. The molecule has 1 N–H and O–H groups in total. The predicted octanol–water partition coefficient (Wildman–Crippen LogP) is 0.0636. The largest absolute Gasteiger partial charge is 0.350 e. The maximum absolute atomic E-state index is 11.2. The quantitative estimate of drug-likeness (QED) is 0.665. The Balaban J connectivity index is 2.45. The lowest BCUT2D eigenvalue weighted by Gasteiger charge is -1.97. The van der Waals surface area contributed by atoms with E-state index in [9.17, 15) is 4.79 Å². The van der Waals surface area contributed by atoms with Crippen molar-refractivity contribution in [2.75, 3.05) is 6.54 Å². The lowest BCUT2D eigenvalue weighted by Crippen LogP contribution is -2.24. The molecule has 1 aromatic rings. The minimum atomic E-state index is -0.240. The van der Waals surface area contributed by atoms with Gasteiger partial charge in [0.05, 0.1) is 18.8 Å². The molecule has 0 radical (unpaired) electrons. The predicted molar refractivity (Wildman–Crippen MR) is 45.8 cm³/mol. The fourth-order valence-corrected chi connectivity index (χ4v) is 0.853. The fraction of sp³-hybridized carbons (Fsp3) is 0.375. The highest BCUT2D eigenvalue weighted by atomic mass is 16.1. The van der Waals surface area contributed by atoms with Crippen molar-refractivity contribution in [2.45, 2.75) is 6.42 Å². The molecule has 1 aromatic heterocycles. The zero-order valence-corrected chi connectivity index (χ0v) is 7.32. The van der Waals surface area contributed by atoms with Crippen molar-refractivity contribution in [1.82, 2.24) is 14.9 Å². The van der Waals surface area contributed by atoms with Crippen LogP contribution in [0.15, 0.2) is 12.5 Å². The van der Waals surface area contributed by atoms with Crippen molar-refractivity contribution in [3.63, 3.8) is 0 Å². The molecule has 0 aliphatic heterocycles. The summed E-state index contributed by atoms with van der Waals surface area (Å²) >= 11 is 0. The van der Waals surface area contributed by atoms with Gasteiger partial charge in [-0.3, -0.25) is 4.79 Å². The Morgan fingerprint density at radius 1 is 1.85 bits per heavy atom. The van der Waals surface area contributed by atoms with Crippen molar-refractivity contribution in [3.8, 4) is 6.07 Å². The molecule has 13 heavy (non-hydrogen) atoms. The van der Waals surface area contributed by atoms with Gasteiger partial charge in [0.2, 0.25) is 0 Å². The standard InChI is InChI=1S/C8H10N4O/c1-12-5-7(11-6-12)8(13)10-4-2-3-9/h5-6H,2,4H2,1H3,(H,10,13). The molecule has 0 saturated carbocycles. The summed E-state index contributed by atoms with van der Waals surface area (Å²) in [7, 11) is 1.79. The molecule has 0 unspecified atom stereocenters. The summed E-state index contributed by atoms with van der Waals surface area (Å²) in [4.78, 5) is 15.1. The Morgan fingerprint density at radius 2 is 2.62 bits per heavy atom. The van der Waals surface area contributed by atoms with Gasteiger partial charge in [-0.25, -0.2) is 4.98 Å². The molecule has 0 fully saturated rings. The molecule has 0 aliphatic carbocycles. The highest BCUT2D eigenvalue weighted by molar-refractivity contribution is 5.91. The van der Waals surface area contributed by atoms with Gasteiger partial charge in [-0.05, 0) is 0 Å². The number of carbonyl (C=O) groups is 1. The highest BCUT2D eigenvalue weighted by Crippen LogP contribution is 1.92. The first-order valence-electron chi connectivity index (χ1n) is 3.87. The van der Waals surface area contributed by atoms with E-state index in [4.69, 9.17) is 5.26 Å². The van der Waals surface area contributed by atoms with Crippen LogP contribution in [0, 0.1) is 11.3 Å². The molecular weight excluding hydrogens is 168 g/mol. The monoisotopic (exact) mass is 178 g/mol. The van der Waals surface area contributed by atoms with Crippen LogP contribution < -0.4 is 5.32 Å². The number of amides is 1. The van der Waals surface area contributed by atoms with E-state index in [1.54, 1.807) is 24.1 Å². The van der Waals surface area contributed by atoms with Gasteiger partial charge in [-0.2, -0.15) is 5.26 Å². The second kappa shape index (κ2) is 4.26. The Morgan fingerprint density at radius 3 is 3.15 bits per heavy atom. The van der Waals surface area contributed by atoms with Gasteiger partial charge in [0.15, 0.2) is 0 Å². The minimum absolute atomic E-state index is 0.240. The number of nitrogens with one attached hydrogen (secondary N) is 1. The Bertz CT molecular complexity index is 336. The number of rotatable bonds is 3. The number of aryl methyl sites for hydroxylation is 1. The third kappa shape index (κ3) is 2.60. The van der Waals surface area contributed by atoms with Crippen LogP contribution >= 0.6 is 0 Å². The van der Waals surface area contributed by atoms with Crippen molar-refractivity contribution < 1.29 is 4.79 Å². The van der Waals surface area contributed by atoms with E-state index < -0.39 is 0 Å². The van der Waals surface area contributed by atoms with Crippen LogP contribution in [0.2, 0.25) is 0 Å².